The van der Waals surface area contributed by atoms with Crippen molar-refractivity contribution in [2.24, 2.45) is 0 Å². The van der Waals surface area contributed by atoms with Crippen LogP contribution >= 0.6 is 0 Å². The van der Waals surface area contributed by atoms with Gasteiger partial charge < -0.3 is 4.74 Å². The smallest absolute Gasteiger partial charge is 0.0892 e. The van der Waals surface area contributed by atoms with Crippen LogP contribution in [0.1, 0.15) is 25.8 Å². The molecule has 0 spiro atoms. The predicted molar refractivity (Wildman–Crippen MR) is 53.7 cm³/mol. The highest BCUT2D eigenvalue weighted by Gasteiger charge is 2.46. The Hall–Kier alpha value is -0.820. The summed E-state index contributed by atoms with van der Waals surface area (Å²) in [6, 6.07) is 10.6. The van der Waals surface area contributed by atoms with Crippen LogP contribution < -0.4 is 0 Å². The molecule has 1 saturated heterocycles. The first-order valence-electron chi connectivity index (χ1n) is 4.90. The maximum Gasteiger partial charge on any atom is 0.0892 e. The topological polar surface area (TPSA) is 12.5 Å². The van der Waals surface area contributed by atoms with E-state index in [1.54, 1.807) is 0 Å². The van der Waals surface area contributed by atoms with Gasteiger partial charge in [0, 0.05) is 0 Å². The number of hydrogen-bond donors (Lipinski definition) is 0. The molecule has 1 heterocycles. The molecule has 2 rings (SSSR count). The molecule has 0 bridgehead atoms. The zero-order chi connectivity index (χ0) is 9.31. The maximum absolute atomic E-state index is 5.53. The predicted octanol–water partition coefficient (Wildman–Crippen LogP) is 2.80. The van der Waals surface area contributed by atoms with Crippen molar-refractivity contribution in [1.29, 1.82) is 0 Å². The number of aryl methyl sites for hydroxylation is 1. The summed E-state index contributed by atoms with van der Waals surface area (Å²) in [6.45, 7) is 4.31. The Kier molecular flexibility index (Phi) is 2.12. The van der Waals surface area contributed by atoms with Crippen LogP contribution in [0.5, 0.6) is 0 Å². The summed E-state index contributed by atoms with van der Waals surface area (Å²) < 4.78 is 5.53. The first kappa shape index (κ1) is 8.76. The Labute approximate surface area is 79.7 Å². The molecule has 1 nitrogen and oxygen atoms in total. The van der Waals surface area contributed by atoms with Crippen LogP contribution in [0.2, 0.25) is 0 Å². The van der Waals surface area contributed by atoms with Gasteiger partial charge in [-0.3, -0.25) is 0 Å². The Balaban J connectivity index is 1.82. The lowest BCUT2D eigenvalue weighted by Gasteiger charge is -1.98. The number of ether oxygens (including phenoxy) is 1. The van der Waals surface area contributed by atoms with Crippen LogP contribution in [-0.2, 0) is 11.2 Å². The summed E-state index contributed by atoms with van der Waals surface area (Å²) >= 11 is 0. The first-order chi connectivity index (χ1) is 6.18. The zero-order valence-corrected chi connectivity index (χ0v) is 8.29. The van der Waals surface area contributed by atoms with Crippen molar-refractivity contribution in [3.8, 4) is 0 Å². The van der Waals surface area contributed by atoms with E-state index in [1.165, 1.54) is 5.56 Å². The van der Waals surface area contributed by atoms with E-state index in [0.717, 1.165) is 12.8 Å². The second-order valence-electron chi connectivity index (χ2n) is 4.23. The highest BCUT2D eigenvalue weighted by Crippen LogP contribution is 2.38. The number of rotatable bonds is 3. The maximum atomic E-state index is 5.53. The molecule has 1 heteroatoms. The molecule has 1 fully saturated rings. The molecule has 0 amide bonds. The number of epoxide rings is 1. The highest BCUT2D eigenvalue weighted by molar-refractivity contribution is 5.15. The van der Waals surface area contributed by atoms with Gasteiger partial charge >= 0.3 is 0 Å². The normalized spacial score (nSPS) is 24.3. The molecule has 1 aromatic rings. The molecule has 0 aliphatic carbocycles. The molecule has 1 unspecified atom stereocenters. The Morgan fingerprint density at radius 2 is 1.85 bits per heavy atom. The van der Waals surface area contributed by atoms with Gasteiger partial charge in [-0.1, -0.05) is 30.3 Å². The van der Waals surface area contributed by atoms with Crippen LogP contribution in [0.25, 0.3) is 0 Å². The largest absolute Gasteiger partial charge is 0.367 e. The fourth-order valence-electron chi connectivity index (χ4n) is 1.68. The minimum absolute atomic E-state index is 0.148. The fraction of sp³-hybridized carbons (Fsp3) is 0.500. The molecule has 0 N–H and O–H groups in total. The lowest BCUT2D eigenvalue weighted by Crippen LogP contribution is -2.03. The van der Waals surface area contributed by atoms with Crippen molar-refractivity contribution in [3.63, 3.8) is 0 Å². The minimum atomic E-state index is 0.148. The van der Waals surface area contributed by atoms with E-state index < -0.39 is 0 Å². The van der Waals surface area contributed by atoms with Crippen LogP contribution in [-0.4, -0.2) is 11.7 Å². The van der Waals surface area contributed by atoms with Gasteiger partial charge in [0.2, 0.25) is 0 Å². The van der Waals surface area contributed by atoms with E-state index >= 15 is 0 Å². The summed E-state index contributed by atoms with van der Waals surface area (Å²) in [7, 11) is 0. The SMILES string of the molecule is CC1(C)OC1CCc1ccccc1. The lowest BCUT2D eigenvalue weighted by atomic mass is 10.0. The monoisotopic (exact) mass is 176 g/mol. The third kappa shape index (κ3) is 2.10. The van der Waals surface area contributed by atoms with Crippen molar-refractivity contribution >= 4 is 0 Å². The van der Waals surface area contributed by atoms with E-state index in [9.17, 15) is 0 Å². The number of benzene rings is 1. The Morgan fingerprint density at radius 3 is 2.38 bits per heavy atom. The van der Waals surface area contributed by atoms with Crippen LogP contribution in [0.4, 0.5) is 0 Å². The van der Waals surface area contributed by atoms with Gasteiger partial charge in [-0.05, 0) is 32.3 Å². The summed E-state index contributed by atoms with van der Waals surface area (Å²) in [6.07, 6.45) is 2.76. The van der Waals surface area contributed by atoms with E-state index in [0.29, 0.717) is 6.10 Å². The second kappa shape index (κ2) is 3.15. The van der Waals surface area contributed by atoms with Crippen molar-refractivity contribution in [3.05, 3.63) is 35.9 Å². The Bertz CT molecular complexity index is 276. The molecular weight excluding hydrogens is 160 g/mol. The summed E-state index contributed by atoms with van der Waals surface area (Å²) in [5.74, 6) is 0. The fourth-order valence-corrected chi connectivity index (χ4v) is 1.68. The van der Waals surface area contributed by atoms with Gasteiger partial charge in [0.1, 0.15) is 0 Å². The quantitative estimate of drug-likeness (QED) is 0.645. The molecule has 1 aliphatic heterocycles. The van der Waals surface area contributed by atoms with Gasteiger partial charge in [-0.2, -0.15) is 0 Å². The molecule has 0 saturated carbocycles. The van der Waals surface area contributed by atoms with Gasteiger partial charge in [-0.15, -0.1) is 0 Å². The first-order valence-corrected chi connectivity index (χ1v) is 4.90. The Morgan fingerprint density at radius 1 is 1.23 bits per heavy atom. The van der Waals surface area contributed by atoms with Crippen molar-refractivity contribution in [2.45, 2.75) is 38.4 Å². The van der Waals surface area contributed by atoms with E-state index in [1.807, 2.05) is 0 Å². The average Bonchev–Trinajstić information content (AvgIpc) is 2.73. The molecule has 1 aliphatic rings. The van der Waals surface area contributed by atoms with E-state index in [4.69, 9.17) is 4.74 Å². The third-order valence-electron chi connectivity index (χ3n) is 2.70. The molecular formula is C12H16O. The van der Waals surface area contributed by atoms with E-state index in [-0.39, 0.29) is 5.60 Å². The van der Waals surface area contributed by atoms with Crippen molar-refractivity contribution < 1.29 is 4.74 Å². The van der Waals surface area contributed by atoms with Gasteiger partial charge in [-0.25, -0.2) is 0 Å². The van der Waals surface area contributed by atoms with Gasteiger partial charge in [0.25, 0.3) is 0 Å². The third-order valence-corrected chi connectivity index (χ3v) is 2.70. The second-order valence-corrected chi connectivity index (χ2v) is 4.23. The minimum Gasteiger partial charge on any atom is -0.367 e. The number of hydrogen-bond acceptors (Lipinski definition) is 1. The van der Waals surface area contributed by atoms with Crippen LogP contribution in [0, 0.1) is 0 Å². The van der Waals surface area contributed by atoms with Gasteiger partial charge in [0.15, 0.2) is 0 Å². The molecule has 70 valence electrons. The zero-order valence-electron chi connectivity index (χ0n) is 8.29. The highest BCUT2D eigenvalue weighted by atomic mass is 16.6. The standard InChI is InChI=1S/C12H16O/c1-12(2)11(13-12)9-8-10-6-4-3-5-7-10/h3-7,11H,8-9H2,1-2H3. The summed E-state index contributed by atoms with van der Waals surface area (Å²) in [5, 5.41) is 0. The van der Waals surface area contributed by atoms with Crippen LogP contribution in [0.15, 0.2) is 30.3 Å². The molecule has 13 heavy (non-hydrogen) atoms. The molecule has 1 aromatic carbocycles. The van der Waals surface area contributed by atoms with Gasteiger partial charge in [0.05, 0.1) is 11.7 Å². The van der Waals surface area contributed by atoms with Crippen LogP contribution in [0.3, 0.4) is 0 Å². The lowest BCUT2D eigenvalue weighted by molar-refractivity contribution is 0.320. The van der Waals surface area contributed by atoms with Crippen molar-refractivity contribution in [1.82, 2.24) is 0 Å². The summed E-state index contributed by atoms with van der Waals surface area (Å²) in [4.78, 5) is 0. The average molecular weight is 176 g/mol. The summed E-state index contributed by atoms with van der Waals surface area (Å²) in [5.41, 5.74) is 1.56. The molecule has 0 radical (unpaired) electrons. The van der Waals surface area contributed by atoms with E-state index in [2.05, 4.69) is 44.2 Å². The molecule has 1 atom stereocenters. The molecule has 0 aromatic heterocycles. The van der Waals surface area contributed by atoms with Crippen molar-refractivity contribution in [2.75, 3.05) is 0 Å².